The van der Waals surface area contributed by atoms with Crippen LogP contribution in [-0.4, -0.2) is 13.2 Å². The summed E-state index contributed by atoms with van der Waals surface area (Å²) in [5.74, 6) is 2.33. The first-order chi connectivity index (χ1) is 8.17. The Morgan fingerprint density at radius 1 is 1.24 bits per heavy atom. The highest BCUT2D eigenvalue weighted by Crippen LogP contribution is 2.27. The van der Waals surface area contributed by atoms with Gasteiger partial charge in [0, 0.05) is 17.0 Å². The van der Waals surface area contributed by atoms with Gasteiger partial charge in [0.2, 0.25) is 0 Å². The standard InChI is InChI=1S/C14H21BrO2/c1-4-7-16-13-6-5-12(9-15)14(8-13)17-10-11(2)3/h5-6,8,11H,4,7,9-10H2,1-3H3. The quantitative estimate of drug-likeness (QED) is 0.695. The summed E-state index contributed by atoms with van der Waals surface area (Å²) in [5.41, 5.74) is 1.16. The van der Waals surface area contributed by atoms with Gasteiger partial charge in [-0.25, -0.2) is 0 Å². The van der Waals surface area contributed by atoms with Crippen LogP contribution in [0.4, 0.5) is 0 Å². The lowest BCUT2D eigenvalue weighted by atomic mass is 10.2. The van der Waals surface area contributed by atoms with Crippen LogP contribution in [0, 0.1) is 5.92 Å². The normalized spacial score (nSPS) is 10.6. The fraction of sp³-hybridized carbons (Fsp3) is 0.571. The van der Waals surface area contributed by atoms with Gasteiger partial charge in [0.15, 0.2) is 0 Å². The van der Waals surface area contributed by atoms with Gasteiger partial charge in [-0.3, -0.25) is 0 Å². The van der Waals surface area contributed by atoms with Crippen molar-refractivity contribution in [2.45, 2.75) is 32.5 Å². The Kier molecular flexibility index (Phi) is 6.41. The van der Waals surface area contributed by atoms with E-state index in [1.54, 1.807) is 0 Å². The van der Waals surface area contributed by atoms with E-state index in [1.807, 2.05) is 12.1 Å². The summed E-state index contributed by atoms with van der Waals surface area (Å²) in [7, 11) is 0. The molecule has 96 valence electrons. The van der Waals surface area contributed by atoms with E-state index in [4.69, 9.17) is 9.47 Å². The highest BCUT2D eigenvalue weighted by Gasteiger charge is 2.06. The number of alkyl halides is 1. The van der Waals surface area contributed by atoms with Crippen molar-refractivity contribution in [3.05, 3.63) is 23.8 Å². The number of rotatable bonds is 7. The number of hydrogen-bond acceptors (Lipinski definition) is 2. The van der Waals surface area contributed by atoms with Crippen LogP contribution in [0.5, 0.6) is 11.5 Å². The molecule has 0 N–H and O–H groups in total. The third kappa shape index (κ3) is 4.99. The molecule has 1 aromatic carbocycles. The van der Waals surface area contributed by atoms with E-state index in [1.165, 1.54) is 0 Å². The lowest BCUT2D eigenvalue weighted by Gasteiger charge is -2.14. The smallest absolute Gasteiger partial charge is 0.127 e. The van der Waals surface area contributed by atoms with Gasteiger partial charge in [-0.2, -0.15) is 0 Å². The lowest BCUT2D eigenvalue weighted by Crippen LogP contribution is -2.06. The van der Waals surface area contributed by atoms with Gasteiger partial charge in [0.1, 0.15) is 11.5 Å². The van der Waals surface area contributed by atoms with Gasteiger partial charge < -0.3 is 9.47 Å². The van der Waals surface area contributed by atoms with Gasteiger partial charge in [-0.15, -0.1) is 0 Å². The van der Waals surface area contributed by atoms with Crippen LogP contribution in [0.1, 0.15) is 32.8 Å². The van der Waals surface area contributed by atoms with Crippen LogP contribution in [0.3, 0.4) is 0 Å². The zero-order valence-corrected chi connectivity index (χ0v) is 12.4. The molecule has 0 heterocycles. The Balaban J connectivity index is 2.75. The van der Waals surface area contributed by atoms with Crippen LogP contribution in [0.15, 0.2) is 18.2 Å². The van der Waals surface area contributed by atoms with Crippen LogP contribution in [0.2, 0.25) is 0 Å². The molecule has 2 nitrogen and oxygen atoms in total. The minimum absolute atomic E-state index is 0.526. The van der Waals surface area contributed by atoms with E-state index in [0.717, 1.165) is 42.0 Å². The highest BCUT2D eigenvalue weighted by molar-refractivity contribution is 9.08. The maximum atomic E-state index is 5.80. The molecule has 1 aromatic rings. The second kappa shape index (κ2) is 7.59. The van der Waals surface area contributed by atoms with Crippen LogP contribution < -0.4 is 9.47 Å². The average Bonchev–Trinajstić information content (AvgIpc) is 2.33. The molecule has 0 saturated heterocycles. The minimum atomic E-state index is 0.526. The zero-order chi connectivity index (χ0) is 12.7. The second-order valence-corrected chi connectivity index (χ2v) is 5.02. The Morgan fingerprint density at radius 2 is 2.00 bits per heavy atom. The van der Waals surface area contributed by atoms with Gasteiger partial charge in [0.25, 0.3) is 0 Å². The molecule has 0 aliphatic carbocycles. The molecule has 0 unspecified atom stereocenters. The van der Waals surface area contributed by atoms with Crippen molar-refractivity contribution in [3.8, 4) is 11.5 Å². The Bertz CT molecular complexity index is 337. The average molecular weight is 301 g/mol. The van der Waals surface area contributed by atoms with Crippen molar-refractivity contribution in [2.24, 2.45) is 5.92 Å². The Morgan fingerprint density at radius 3 is 2.59 bits per heavy atom. The fourth-order valence-electron chi connectivity index (χ4n) is 1.35. The van der Waals surface area contributed by atoms with Gasteiger partial charge in [0.05, 0.1) is 13.2 Å². The van der Waals surface area contributed by atoms with E-state index in [9.17, 15) is 0 Å². The summed E-state index contributed by atoms with van der Waals surface area (Å²) in [6, 6.07) is 6.03. The zero-order valence-electron chi connectivity index (χ0n) is 10.8. The molecule has 0 aromatic heterocycles. The summed E-state index contributed by atoms with van der Waals surface area (Å²) in [6.07, 6.45) is 1.02. The first-order valence-corrected chi connectivity index (χ1v) is 7.24. The van der Waals surface area contributed by atoms with Gasteiger partial charge in [-0.05, 0) is 18.4 Å². The first kappa shape index (κ1) is 14.4. The molecule has 0 atom stereocenters. The van der Waals surface area contributed by atoms with E-state index < -0.39 is 0 Å². The molecule has 0 aliphatic heterocycles. The van der Waals surface area contributed by atoms with Crippen molar-refractivity contribution in [1.82, 2.24) is 0 Å². The van der Waals surface area contributed by atoms with E-state index >= 15 is 0 Å². The van der Waals surface area contributed by atoms with Crippen molar-refractivity contribution < 1.29 is 9.47 Å². The molecule has 0 radical (unpaired) electrons. The summed E-state index contributed by atoms with van der Waals surface area (Å²) in [4.78, 5) is 0. The van der Waals surface area contributed by atoms with Gasteiger partial charge in [-0.1, -0.05) is 42.8 Å². The summed E-state index contributed by atoms with van der Waals surface area (Å²) in [6.45, 7) is 7.87. The Labute approximate surface area is 112 Å². The van der Waals surface area contributed by atoms with Crippen LogP contribution >= 0.6 is 15.9 Å². The topological polar surface area (TPSA) is 18.5 Å². The highest BCUT2D eigenvalue weighted by atomic mass is 79.9. The minimum Gasteiger partial charge on any atom is -0.493 e. The van der Waals surface area contributed by atoms with E-state index in [0.29, 0.717) is 5.92 Å². The molecular formula is C14H21BrO2. The maximum absolute atomic E-state index is 5.80. The largest absolute Gasteiger partial charge is 0.493 e. The predicted molar refractivity (Wildman–Crippen MR) is 75.2 cm³/mol. The third-order valence-corrected chi connectivity index (χ3v) is 2.83. The molecular weight excluding hydrogens is 280 g/mol. The fourth-order valence-corrected chi connectivity index (χ4v) is 1.81. The van der Waals surface area contributed by atoms with Crippen molar-refractivity contribution in [1.29, 1.82) is 0 Å². The molecule has 3 heteroatoms. The number of halogens is 1. The molecule has 0 amide bonds. The van der Waals surface area contributed by atoms with Crippen molar-refractivity contribution >= 4 is 15.9 Å². The molecule has 1 rings (SSSR count). The van der Waals surface area contributed by atoms with Gasteiger partial charge >= 0.3 is 0 Å². The van der Waals surface area contributed by atoms with E-state index in [-0.39, 0.29) is 0 Å². The molecule has 0 fully saturated rings. The number of benzene rings is 1. The monoisotopic (exact) mass is 300 g/mol. The summed E-state index contributed by atoms with van der Waals surface area (Å²) in [5, 5.41) is 0.800. The second-order valence-electron chi connectivity index (χ2n) is 4.46. The molecule has 17 heavy (non-hydrogen) atoms. The summed E-state index contributed by atoms with van der Waals surface area (Å²) >= 11 is 3.47. The van der Waals surface area contributed by atoms with Crippen LogP contribution in [0.25, 0.3) is 0 Å². The maximum Gasteiger partial charge on any atom is 0.127 e. The number of hydrogen-bond donors (Lipinski definition) is 0. The Hall–Kier alpha value is -0.700. The predicted octanol–water partition coefficient (Wildman–Crippen LogP) is 4.41. The molecule has 0 aliphatic rings. The molecule has 0 saturated carbocycles. The van der Waals surface area contributed by atoms with E-state index in [2.05, 4.69) is 42.8 Å². The van der Waals surface area contributed by atoms with Crippen molar-refractivity contribution in [3.63, 3.8) is 0 Å². The SMILES string of the molecule is CCCOc1ccc(CBr)c(OCC(C)C)c1. The first-order valence-electron chi connectivity index (χ1n) is 6.11. The summed E-state index contributed by atoms with van der Waals surface area (Å²) < 4.78 is 11.4. The van der Waals surface area contributed by atoms with Crippen LogP contribution in [-0.2, 0) is 5.33 Å². The number of ether oxygens (including phenoxy) is 2. The molecule has 0 spiro atoms. The van der Waals surface area contributed by atoms with Crippen molar-refractivity contribution in [2.75, 3.05) is 13.2 Å². The lowest BCUT2D eigenvalue weighted by molar-refractivity contribution is 0.265. The molecule has 0 bridgehead atoms. The third-order valence-electron chi connectivity index (χ3n) is 2.23.